The van der Waals surface area contributed by atoms with Gasteiger partial charge in [-0.1, -0.05) is 16.7 Å². The van der Waals surface area contributed by atoms with E-state index in [4.69, 9.17) is 16.0 Å². The summed E-state index contributed by atoms with van der Waals surface area (Å²) in [6.45, 7) is 3.55. The molecule has 0 saturated carbocycles. The third-order valence-electron chi connectivity index (χ3n) is 5.60. The van der Waals surface area contributed by atoms with Gasteiger partial charge in [-0.2, -0.15) is 4.31 Å². The Morgan fingerprint density at radius 3 is 2.49 bits per heavy atom. The monoisotopic (exact) mass is 558 g/mol. The Morgan fingerprint density at radius 1 is 1.14 bits per heavy atom. The van der Waals surface area contributed by atoms with E-state index in [9.17, 15) is 21.6 Å². The summed E-state index contributed by atoms with van der Waals surface area (Å²) < 4.78 is 57.6. The van der Waals surface area contributed by atoms with Crippen molar-refractivity contribution in [1.82, 2.24) is 14.5 Å². The second kappa shape index (κ2) is 9.97. The van der Waals surface area contributed by atoms with E-state index in [0.717, 1.165) is 11.3 Å². The number of benzene rings is 1. The second-order valence-electron chi connectivity index (χ2n) is 8.28. The van der Waals surface area contributed by atoms with E-state index in [1.807, 2.05) is 0 Å². The van der Waals surface area contributed by atoms with Crippen molar-refractivity contribution in [1.29, 1.82) is 0 Å². The van der Waals surface area contributed by atoms with Crippen LogP contribution in [0.15, 0.2) is 49.9 Å². The molecule has 4 rings (SSSR count). The molecule has 10 nitrogen and oxygen atoms in total. The van der Waals surface area contributed by atoms with Crippen molar-refractivity contribution < 1.29 is 26.0 Å². The molecule has 1 aliphatic rings. The number of piperidine rings is 1. The standard InChI is InChI=1S/C21H23ClN4O6S3/c1-13(2)34(28,29)16-7-5-14(6-8-16)20-24-25-21(32-20)23-19(27)15-4-3-11-26(12-15)35(30,31)18-10-9-17(22)33-18/h5-10,13,15H,3-4,11-12H2,1-2H3,(H,23,25,27). The van der Waals surface area contributed by atoms with Crippen molar-refractivity contribution in [3.63, 3.8) is 0 Å². The van der Waals surface area contributed by atoms with E-state index in [-0.39, 0.29) is 27.6 Å². The lowest BCUT2D eigenvalue weighted by molar-refractivity contribution is -0.121. The molecule has 0 aliphatic carbocycles. The average molecular weight is 559 g/mol. The molecular weight excluding hydrogens is 536 g/mol. The molecule has 1 amide bonds. The Hall–Kier alpha value is -2.32. The van der Waals surface area contributed by atoms with E-state index < -0.39 is 36.9 Å². The number of anilines is 1. The molecule has 0 bridgehead atoms. The van der Waals surface area contributed by atoms with Crippen LogP contribution in [0.4, 0.5) is 6.01 Å². The summed E-state index contributed by atoms with van der Waals surface area (Å²) in [4.78, 5) is 13.0. The van der Waals surface area contributed by atoms with E-state index in [1.165, 1.54) is 28.6 Å². The molecular formula is C21H23ClN4O6S3. The molecule has 1 N–H and O–H groups in total. The number of halogens is 1. The predicted molar refractivity (Wildman–Crippen MR) is 131 cm³/mol. The van der Waals surface area contributed by atoms with Crippen LogP contribution in [-0.2, 0) is 24.7 Å². The number of rotatable bonds is 7. The summed E-state index contributed by atoms with van der Waals surface area (Å²) in [5, 5.41) is 9.75. The molecule has 2 aromatic heterocycles. The zero-order chi connectivity index (χ0) is 25.4. The molecule has 3 heterocycles. The highest BCUT2D eigenvalue weighted by atomic mass is 35.5. The maximum atomic E-state index is 12.9. The lowest BCUT2D eigenvalue weighted by Crippen LogP contribution is -2.43. The van der Waals surface area contributed by atoms with E-state index in [1.54, 1.807) is 26.0 Å². The Morgan fingerprint density at radius 2 is 1.86 bits per heavy atom. The van der Waals surface area contributed by atoms with Crippen LogP contribution in [0.1, 0.15) is 26.7 Å². The van der Waals surface area contributed by atoms with Gasteiger partial charge in [0.2, 0.25) is 11.8 Å². The average Bonchev–Trinajstić information content (AvgIpc) is 3.48. The number of nitrogens with zero attached hydrogens (tertiary/aromatic N) is 3. The van der Waals surface area contributed by atoms with Crippen molar-refractivity contribution >= 4 is 54.7 Å². The van der Waals surface area contributed by atoms with Gasteiger partial charge >= 0.3 is 6.01 Å². The molecule has 188 valence electrons. The number of hydrogen-bond acceptors (Lipinski definition) is 9. The SMILES string of the molecule is CC(C)S(=O)(=O)c1ccc(-c2nnc(NC(=O)C3CCCN(S(=O)(=O)c4ccc(Cl)s4)C3)o2)cc1. The molecule has 1 saturated heterocycles. The van der Waals surface area contributed by atoms with E-state index in [0.29, 0.717) is 29.3 Å². The summed E-state index contributed by atoms with van der Waals surface area (Å²) in [7, 11) is -7.15. The second-order valence-corrected chi connectivity index (χ2v) is 14.7. The third kappa shape index (κ3) is 5.43. The van der Waals surface area contributed by atoms with Gasteiger partial charge in [-0.3, -0.25) is 10.1 Å². The summed E-state index contributed by atoms with van der Waals surface area (Å²) in [6.07, 6.45) is 1.03. The maximum Gasteiger partial charge on any atom is 0.322 e. The summed E-state index contributed by atoms with van der Waals surface area (Å²) in [5.41, 5.74) is 0.491. The maximum absolute atomic E-state index is 12.9. The van der Waals surface area contributed by atoms with Gasteiger partial charge < -0.3 is 4.42 Å². The highest BCUT2D eigenvalue weighted by Crippen LogP contribution is 2.31. The number of aromatic nitrogens is 2. The van der Waals surface area contributed by atoms with Crippen LogP contribution in [0.5, 0.6) is 0 Å². The highest BCUT2D eigenvalue weighted by Gasteiger charge is 2.34. The number of amides is 1. The predicted octanol–water partition coefficient (Wildman–Crippen LogP) is 3.67. The molecule has 1 unspecified atom stereocenters. The van der Waals surface area contributed by atoms with Crippen molar-refractivity contribution in [3.05, 3.63) is 40.7 Å². The number of hydrogen-bond donors (Lipinski definition) is 1. The van der Waals surface area contributed by atoms with Crippen LogP contribution >= 0.6 is 22.9 Å². The minimum Gasteiger partial charge on any atom is -0.403 e. The Balaban J connectivity index is 1.42. The highest BCUT2D eigenvalue weighted by molar-refractivity contribution is 7.92. The van der Waals surface area contributed by atoms with Crippen molar-refractivity contribution in [2.45, 2.75) is 41.0 Å². The minimum absolute atomic E-state index is 0.0243. The van der Waals surface area contributed by atoms with Crippen molar-refractivity contribution in [2.24, 2.45) is 5.92 Å². The zero-order valence-electron chi connectivity index (χ0n) is 18.8. The van der Waals surface area contributed by atoms with Gasteiger partial charge in [-0.15, -0.1) is 16.4 Å². The Kier molecular flexibility index (Phi) is 7.34. The normalized spacial score (nSPS) is 17.5. The van der Waals surface area contributed by atoms with Crippen LogP contribution in [0.3, 0.4) is 0 Å². The van der Waals surface area contributed by atoms with Crippen LogP contribution in [-0.4, -0.2) is 55.6 Å². The largest absolute Gasteiger partial charge is 0.403 e. The number of sulfonamides is 1. The van der Waals surface area contributed by atoms with Crippen LogP contribution in [0.25, 0.3) is 11.5 Å². The molecule has 1 fully saturated rings. The molecule has 0 spiro atoms. The summed E-state index contributed by atoms with van der Waals surface area (Å²) in [6, 6.07) is 8.88. The summed E-state index contributed by atoms with van der Waals surface area (Å²) in [5.74, 6) is -0.913. The first-order chi connectivity index (χ1) is 16.5. The quantitative estimate of drug-likeness (QED) is 0.463. The van der Waals surface area contributed by atoms with Crippen LogP contribution in [0.2, 0.25) is 4.34 Å². The van der Waals surface area contributed by atoms with Gasteiger partial charge in [0.25, 0.3) is 10.0 Å². The Labute approximate surface area is 212 Å². The molecule has 35 heavy (non-hydrogen) atoms. The first-order valence-corrected chi connectivity index (χ1v) is 14.9. The molecule has 14 heteroatoms. The van der Waals surface area contributed by atoms with E-state index in [2.05, 4.69) is 15.5 Å². The number of thiophene rings is 1. The number of carbonyl (C=O) groups excluding carboxylic acids is 1. The first kappa shape index (κ1) is 25.8. The van der Waals surface area contributed by atoms with Gasteiger partial charge in [0.1, 0.15) is 4.21 Å². The number of carbonyl (C=O) groups is 1. The lowest BCUT2D eigenvalue weighted by atomic mass is 9.99. The fourth-order valence-corrected chi connectivity index (χ4v) is 7.82. The zero-order valence-corrected chi connectivity index (χ0v) is 22.0. The number of sulfone groups is 1. The summed E-state index contributed by atoms with van der Waals surface area (Å²) >= 11 is 6.86. The molecule has 1 aromatic carbocycles. The van der Waals surface area contributed by atoms with Crippen molar-refractivity contribution in [2.75, 3.05) is 18.4 Å². The van der Waals surface area contributed by atoms with Gasteiger partial charge in [0.15, 0.2) is 9.84 Å². The smallest absolute Gasteiger partial charge is 0.322 e. The molecule has 1 aliphatic heterocycles. The number of nitrogens with one attached hydrogen (secondary N) is 1. The van der Waals surface area contributed by atoms with E-state index >= 15 is 0 Å². The van der Waals surface area contributed by atoms with Gasteiger partial charge in [-0.05, 0) is 63.1 Å². The molecule has 3 aromatic rings. The Bertz CT molecular complexity index is 1430. The van der Waals surface area contributed by atoms with Gasteiger partial charge in [0, 0.05) is 18.7 Å². The fraction of sp³-hybridized carbons (Fsp3) is 0.381. The van der Waals surface area contributed by atoms with Crippen molar-refractivity contribution in [3.8, 4) is 11.5 Å². The van der Waals surface area contributed by atoms with Gasteiger partial charge in [0.05, 0.1) is 20.4 Å². The lowest BCUT2D eigenvalue weighted by Gasteiger charge is -2.30. The van der Waals surface area contributed by atoms with Gasteiger partial charge in [-0.25, -0.2) is 16.8 Å². The topological polar surface area (TPSA) is 140 Å². The fourth-order valence-electron chi connectivity index (χ4n) is 3.60. The molecule has 1 atom stereocenters. The minimum atomic E-state index is -3.74. The third-order valence-corrected chi connectivity index (χ3v) is 11.3. The van der Waals surface area contributed by atoms with Crippen LogP contribution in [0, 0.1) is 5.92 Å². The van der Waals surface area contributed by atoms with Crippen LogP contribution < -0.4 is 5.32 Å². The first-order valence-electron chi connectivity index (χ1n) is 10.7. The molecule has 0 radical (unpaired) electrons.